The molecule has 0 atom stereocenters. The topological polar surface area (TPSA) is 55.1 Å². The van der Waals surface area contributed by atoms with Crippen molar-refractivity contribution in [2.45, 2.75) is 27.2 Å². The molecule has 3 heteroatoms. The summed E-state index contributed by atoms with van der Waals surface area (Å²) in [7, 11) is 0. The Morgan fingerprint density at radius 2 is 1.81 bits per heavy atom. The summed E-state index contributed by atoms with van der Waals surface area (Å²) in [6.07, 6.45) is 0.413. The first kappa shape index (κ1) is 12.6. The minimum absolute atomic E-state index is 0.0553. The van der Waals surface area contributed by atoms with Crippen LogP contribution in [0, 0.1) is 5.41 Å². The van der Waals surface area contributed by atoms with Gasteiger partial charge < -0.3 is 11.1 Å². The van der Waals surface area contributed by atoms with Crippen molar-refractivity contribution >= 4 is 11.6 Å². The molecule has 0 aliphatic heterocycles. The highest BCUT2D eigenvalue weighted by molar-refractivity contribution is 5.78. The van der Waals surface area contributed by atoms with E-state index >= 15 is 0 Å². The van der Waals surface area contributed by atoms with E-state index in [-0.39, 0.29) is 11.3 Å². The average molecular weight is 220 g/mol. The number of amides is 1. The number of nitrogens with one attached hydrogen (secondary N) is 1. The molecule has 0 radical (unpaired) electrons. The zero-order valence-electron chi connectivity index (χ0n) is 10.2. The monoisotopic (exact) mass is 220 g/mol. The Labute approximate surface area is 97.0 Å². The van der Waals surface area contributed by atoms with Crippen LogP contribution in [0.25, 0.3) is 0 Å². The van der Waals surface area contributed by atoms with E-state index in [0.717, 1.165) is 11.3 Å². The normalized spacial score (nSPS) is 11.2. The summed E-state index contributed by atoms with van der Waals surface area (Å²) in [6, 6.07) is 7.39. The lowest BCUT2D eigenvalue weighted by atomic mass is 9.97. The lowest BCUT2D eigenvalue weighted by molar-refractivity contribution is -0.120. The summed E-state index contributed by atoms with van der Waals surface area (Å²) >= 11 is 0. The summed E-state index contributed by atoms with van der Waals surface area (Å²) in [5.41, 5.74) is 7.40. The Balaban J connectivity index is 2.43. The van der Waals surface area contributed by atoms with Gasteiger partial charge in [0, 0.05) is 12.2 Å². The number of anilines is 1. The fraction of sp³-hybridized carbons (Fsp3) is 0.462. The number of rotatable bonds is 3. The molecule has 88 valence electrons. The third kappa shape index (κ3) is 4.82. The molecule has 3 N–H and O–H groups in total. The van der Waals surface area contributed by atoms with Gasteiger partial charge in [0.05, 0.1) is 6.42 Å². The highest BCUT2D eigenvalue weighted by Gasteiger charge is 2.11. The van der Waals surface area contributed by atoms with Gasteiger partial charge in [0.25, 0.3) is 0 Å². The van der Waals surface area contributed by atoms with Crippen LogP contribution in [0.3, 0.4) is 0 Å². The standard InChI is InChI=1S/C13H20N2O/c1-13(2,3)9-15-12(16)8-10-4-6-11(14)7-5-10/h4-7H,8-9,14H2,1-3H3,(H,15,16). The number of nitrogens with two attached hydrogens (primary N) is 1. The van der Waals surface area contributed by atoms with Crippen molar-refractivity contribution in [1.29, 1.82) is 0 Å². The molecule has 0 saturated heterocycles. The SMILES string of the molecule is CC(C)(C)CNC(=O)Cc1ccc(N)cc1. The van der Waals surface area contributed by atoms with Crippen molar-refractivity contribution in [3.8, 4) is 0 Å². The van der Waals surface area contributed by atoms with E-state index in [0.29, 0.717) is 13.0 Å². The average Bonchev–Trinajstić information content (AvgIpc) is 2.18. The summed E-state index contributed by atoms with van der Waals surface area (Å²) in [6.45, 7) is 6.98. The van der Waals surface area contributed by atoms with Crippen LogP contribution in [-0.4, -0.2) is 12.5 Å². The molecule has 0 bridgehead atoms. The Morgan fingerprint density at radius 1 is 1.25 bits per heavy atom. The van der Waals surface area contributed by atoms with E-state index in [1.807, 2.05) is 24.3 Å². The predicted molar refractivity (Wildman–Crippen MR) is 67.0 cm³/mol. The maximum atomic E-state index is 11.6. The third-order valence-corrected chi connectivity index (χ3v) is 2.16. The van der Waals surface area contributed by atoms with Crippen molar-refractivity contribution in [3.63, 3.8) is 0 Å². The van der Waals surface area contributed by atoms with Crippen LogP contribution in [0.15, 0.2) is 24.3 Å². The number of hydrogen-bond donors (Lipinski definition) is 2. The highest BCUT2D eigenvalue weighted by Crippen LogP contribution is 2.11. The molecule has 1 amide bonds. The highest BCUT2D eigenvalue weighted by atomic mass is 16.1. The van der Waals surface area contributed by atoms with Crippen molar-refractivity contribution in [2.24, 2.45) is 5.41 Å². The first-order chi connectivity index (χ1) is 7.37. The quantitative estimate of drug-likeness (QED) is 0.765. The molecule has 16 heavy (non-hydrogen) atoms. The van der Waals surface area contributed by atoms with Gasteiger partial charge in [-0.05, 0) is 23.1 Å². The van der Waals surface area contributed by atoms with E-state index in [4.69, 9.17) is 5.73 Å². The Kier molecular flexibility index (Phi) is 3.93. The minimum Gasteiger partial charge on any atom is -0.399 e. The molecular formula is C13H20N2O. The van der Waals surface area contributed by atoms with Gasteiger partial charge in [-0.3, -0.25) is 4.79 Å². The van der Waals surface area contributed by atoms with Crippen molar-refractivity contribution < 1.29 is 4.79 Å². The molecule has 0 unspecified atom stereocenters. The van der Waals surface area contributed by atoms with Crippen LogP contribution in [0.4, 0.5) is 5.69 Å². The van der Waals surface area contributed by atoms with Crippen LogP contribution in [0.5, 0.6) is 0 Å². The molecular weight excluding hydrogens is 200 g/mol. The molecule has 0 aliphatic carbocycles. The van der Waals surface area contributed by atoms with E-state index in [2.05, 4.69) is 26.1 Å². The van der Waals surface area contributed by atoms with Gasteiger partial charge in [-0.1, -0.05) is 32.9 Å². The molecule has 3 nitrogen and oxygen atoms in total. The van der Waals surface area contributed by atoms with Gasteiger partial charge in [-0.25, -0.2) is 0 Å². The lowest BCUT2D eigenvalue weighted by Gasteiger charge is -2.18. The number of benzene rings is 1. The lowest BCUT2D eigenvalue weighted by Crippen LogP contribution is -2.33. The summed E-state index contributed by atoms with van der Waals surface area (Å²) in [5.74, 6) is 0.0553. The van der Waals surface area contributed by atoms with E-state index < -0.39 is 0 Å². The van der Waals surface area contributed by atoms with Crippen LogP contribution < -0.4 is 11.1 Å². The predicted octanol–water partition coefficient (Wildman–Crippen LogP) is 1.97. The van der Waals surface area contributed by atoms with Crippen molar-refractivity contribution in [2.75, 3.05) is 12.3 Å². The van der Waals surface area contributed by atoms with Gasteiger partial charge in [0.15, 0.2) is 0 Å². The first-order valence-corrected chi connectivity index (χ1v) is 5.48. The Hall–Kier alpha value is -1.51. The third-order valence-electron chi connectivity index (χ3n) is 2.16. The second kappa shape index (κ2) is 5.01. The molecule has 0 aromatic heterocycles. The maximum Gasteiger partial charge on any atom is 0.224 e. The van der Waals surface area contributed by atoms with Crippen LogP contribution in [0.2, 0.25) is 0 Å². The smallest absolute Gasteiger partial charge is 0.224 e. The minimum atomic E-state index is 0.0553. The van der Waals surface area contributed by atoms with Crippen LogP contribution >= 0.6 is 0 Å². The van der Waals surface area contributed by atoms with E-state index in [1.54, 1.807) is 0 Å². The Morgan fingerprint density at radius 3 is 2.31 bits per heavy atom. The number of hydrogen-bond acceptors (Lipinski definition) is 2. The van der Waals surface area contributed by atoms with Crippen LogP contribution in [-0.2, 0) is 11.2 Å². The zero-order chi connectivity index (χ0) is 12.2. The van der Waals surface area contributed by atoms with Gasteiger partial charge in [-0.15, -0.1) is 0 Å². The molecule has 0 aliphatic rings. The molecule has 0 heterocycles. The largest absolute Gasteiger partial charge is 0.399 e. The maximum absolute atomic E-state index is 11.6. The van der Waals surface area contributed by atoms with E-state index in [1.165, 1.54) is 0 Å². The molecule has 1 aromatic carbocycles. The molecule has 1 aromatic rings. The number of nitrogen functional groups attached to an aromatic ring is 1. The summed E-state index contributed by atoms with van der Waals surface area (Å²) in [5, 5.41) is 2.92. The summed E-state index contributed by atoms with van der Waals surface area (Å²) in [4.78, 5) is 11.6. The van der Waals surface area contributed by atoms with Crippen molar-refractivity contribution in [3.05, 3.63) is 29.8 Å². The molecule has 0 fully saturated rings. The van der Waals surface area contributed by atoms with Gasteiger partial charge in [0.2, 0.25) is 5.91 Å². The van der Waals surface area contributed by atoms with Gasteiger partial charge in [0.1, 0.15) is 0 Å². The fourth-order valence-corrected chi connectivity index (χ4v) is 1.25. The van der Waals surface area contributed by atoms with Crippen molar-refractivity contribution in [1.82, 2.24) is 5.32 Å². The second-order valence-electron chi connectivity index (χ2n) is 5.26. The first-order valence-electron chi connectivity index (χ1n) is 5.48. The molecule has 0 spiro atoms. The van der Waals surface area contributed by atoms with E-state index in [9.17, 15) is 4.79 Å². The number of carbonyl (C=O) groups is 1. The number of carbonyl (C=O) groups excluding carboxylic acids is 1. The molecule has 0 saturated carbocycles. The zero-order valence-corrected chi connectivity index (χ0v) is 10.2. The van der Waals surface area contributed by atoms with Gasteiger partial charge >= 0.3 is 0 Å². The second-order valence-corrected chi connectivity index (χ2v) is 5.26. The fourth-order valence-electron chi connectivity index (χ4n) is 1.25. The summed E-state index contributed by atoms with van der Waals surface area (Å²) < 4.78 is 0. The Bertz CT molecular complexity index is 349. The van der Waals surface area contributed by atoms with Crippen LogP contribution in [0.1, 0.15) is 26.3 Å². The molecule has 1 rings (SSSR count). The van der Waals surface area contributed by atoms with Gasteiger partial charge in [-0.2, -0.15) is 0 Å².